The fourth-order valence-corrected chi connectivity index (χ4v) is 10.4. The lowest BCUT2D eigenvalue weighted by atomic mass is 9.52. The number of para-hydroxylation sites is 1. The van der Waals surface area contributed by atoms with Gasteiger partial charge in [-0.1, -0.05) is 63.6 Å². The van der Waals surface area contributed by atoms with Gasteiger partial charge in [-0.25, -0.2) is 4.79 Å². The maximum Gasteiger partial charge on any atom is 0.453 e. The van der Waals surface area contributed by atoms with Crippen LogP contribution in [0.4, 0.5) is 27.6 Å². The van der Waals surface area contributed by atoms with Gasteiger partial charge in [-0.15, -0.1) is 0 Å². The van der Waals surface area contributed by atoms with Gasteiger partial charge in [0.15, 0.2) is 0 Å². The number of carbonyl (C=O) groups is 1. The summed E-state index contributed by atoms with van der Waals surface area (Å²) in [5.41, 5.74) is 9.30. The van der Waals surface area contributed by atoms with Gasteiger partial charge in [0.1, 0.15) is 5.75 Å². The van der Waals surface area contributed by atoms with Crippen LogP contribution in [0.5, 0.6) is 5.75 Å². The molecule has 2 aromatic carbocycles. The van der Waals surface area contributed by atoms with Crippen LogP contribution in [0.15, 0.2) is 42.5 Å². The van der Waals surface area contributed by atoms with E-state index in [1.54, 1.807) is 24.3 Å². The molecule has 2 aromatic rings. The molecule has 0 bridgehead atoms. The number of anilines is 1. The van der Waals surface area contributed by atoms with E-state index in [2.05, 4.69) is 13.0 Å². The van der Waals surface area contributed by atoms with Crippen molar-refractivity contribution < 1.29 is 40.8 Å². The maximum absolute atomic E-state index is 13.0. The third kappa shape index (κ3) is 8.91. The Morgan fingerprint density at radius 2 is 1.62 bits per heavy atom. The highest BCUT2D eigenvalue weighted by Crippen LogP contribution is 2.62. The minimum atomic E-state index is -5.56. The van der Waals surface area contributed by atoms with Crippen LogP contribution in [0.25, 0.3) is 0 Å². The van der Waals surface area contributed by atoms with Gasteiger partial charge in [-0.2, -0.15) is 22.0 Å². The number of hydrogen-bond acceptors (Lipinski definition) is 5. The SMILES string of the molecule is C[C@]12CC[C@@H]3c4ccc(OC(=O)c5ccccc5N)cc4C[C@@H](CCCCCCCCCS(=O)CCCC(F)(F)C(F)(F)F)[C@H]3[C@@H]1CC[C@@H]2O. The standard InChI is InChI=1S/C39H52F5NO4S/c1-37-21-19-30-29-16-15-28(49-36(47)31-13-8-9-14-33(31)45)25-27(29)24-26(35(30)32(37)17-18-34(37)46)12-7-5-3-2-4-6-10-22-50(48)23-11-20-38(40,41)39(42,43)44/h8-9,13-16,25-26,30,32,34-35,46H,2-7,10-12,17-24,45H2,1H3/t26-,30-,32+,34+,35-,37+,50?/m1/s1. The fraction of sp³-hybridized carbons (Fsp3) is 0.667. The number of ether oxygens (including phenoxy) is 1. The van der Waals surface area contributed by atoms with E-state index >= 15 is 0 Å². The summed E-state index contributed by atoms with van der Waals surface area (Å²) in [7, 11) is -1.38. The smallest absolute Gasteiger partial charge is 0.423 e. The zero-order valence-electron chi connectivity index (χ0n) is 29.0. The Labute approximate surface area is 295 Å². The molecule has 2 saturated carbocycles. The number of benzene rings is 2. The van der Waals surface area contributed by atoms with Crippen molar-refractivity contribution in [3.8, 4) is 5.75 Å². The molecule has 0 amide bonds. The summed E-state index contributed by atoms with van der Waals surface area (Å²) in [5, 5.41) is 11.0. The van der Waals surface area contributed by atoms with Crippen molar-refractivity contribution in [2.24, 2.45) is 23.2 Å². The van der Waals surface area contributed by atoms with E-state index in [0.717, 1.165) is 77.0 Å². The van der Waals surface area contributed by atoms with Crippen LogP contribution in [-0.2, 0) is 17.2 Å². The molecule has 3 N–H and O–H groups in total. The predicted octanol–water partition coefficient (Wildman–Crippen LogP) is 9.78. The molecule has 3 aliphatic rings. The van der Waals surface area contributed by atoms with Gasteiger partial charge < -0.3 is 15.6 Å². The molecule has 3 aliphatic carbocycles. The molecular formula is C39H52F5NO4S. The zero-order chi connectivity index (χ0) is 36.1. The van der Waals surface area contributed by atoms with Crippen LogP contribution < -0.4 is 10.5 Å². The van der Waals surface area contributed by atoms with Gasteiger partial charge in [0.2, 0.25) is 0 Å². The minimum absolute atomic E-state index is 0.0418. The topological polar surface area (TPSA) is 89.6 Å². The molecule has 1 unspecified atom stereocenters. The molecule has 5 nitrogen and oxygen atoms in total. The maximum atomic E-state index is 13.0. The second-order valence-electron chi connectivity index (χ2n) is 15.1. The van der Waals surface area contributed by atoms with Crippen molar-refractivity contribution in [2.75, 3.05) is 17.2 Å². The lowest BCUT2D eigenvalue weighted by Crippen LogP contribution is -2.47. The number of aliphatic hydroxyl groups excluding tert-OH is 1. The molecule has 2 fully saturated rings. The number of rotatable bonds is 16. The molecule has 0 radical (unpaired) electrons. The summed E-state index contributed by atoms with van der Waals surface area (Å²) in [6.07, 6.45) is 5.28. The summed E-state index contributed by atoms with van der Waals surface area (Å²) < 4.78 is 80.8. The fourth-order valence-electron chi connectivity index (χ4n) is 9.18. The van der Waals surface area contributed by atoms with Gasteiger partial charge in [0.25, 0.3) is 0 Å². The molecule has 50 heavy (non-hydrogen) atoms. The normalized spacial score (nSPS) is 26.9. The van der Waals surface area contributed by atoms with Crippen molar-refractivity contribution in [1.29, 1.82) is 0 Å². The van der Waals surface area contributed by atoms with E-state index in [1.807, 2.05) is 12.1 Å². The quantitative estimate of drug-likeness (QED) is 0.0592. The van der Waals surface area contributed by atoms with Crippen LogP contribution >= 0.6 is 0 Å². The number of unbranched alkanes of at least 4 members (excludes halogenated alkanes) is 6. The van der Waals surface area contributed by atoms with E-state index in [1.165, 1.54) is 11.1 Å². The predicted molar refractivity (Wildman–Crippen MR) is 187 cm³/mol. The number of aliphatic hydroxyl groups is 1. The van der Waals surface area contributed by atoms with Gasteiger partial charge in [-0.3, -0.25) is 4.21 Å². The Bertz CT molecular complexity index is 1480. The molecule has 0 aromatic heterocycles. The van der Waals surface area contributed by atoms with Crippen molar-refractivity contribution in [2.45, 2.75) is 127 Å². The molecule has 0 spiro atoms. The van der Waals surface area contributed by atoms with Crippen LogP contribution in [-0.4, -0.2) is 45.0 Å². The highest BCUT2D eigenvalue weighted by molar-refractivity contribution is 7.84. The van der Waals surface area contributed by atoms with Gasteiger partial charge in [-0.05, 0) is 116 Å². The lowest BCUT2D eigenvalue weighted by molar-refractivity contribution is -0.284. The number of carbonyl (C=O) groups excluding carboxylic acids is 1. The zero-order valence-corrected chi connectivity index (χ0v) is 29.8. The summed E-state index contributed by atoms with van der Waals surface area (Å²) in [4.78, 5) is 12.9. The van der Waals surface area contributed by atoms with E-state index in [4.69, 9.17) is 10.5 Å². The van der Waals surface area contributed by atoms with Crippen molar-refractivity contribution in [3.05, 3.63) is 59.2 Å². The van der Waals surface area contributed by atoms with E-state index in [-0.39, 0.29) is 17.3 Å². The van der Waals surface area contributed by atoms with Gasteiger partial charge >= 0.3 is 18.1 Å². The monoisotopic (exact) mass is 725 g/mol. The Balaban J connectivity index is 1.10. The summed E-state index contributed by atoms with van der Waals surface area (Å²) in [6.45, 7) is 2.29. The first-order valence-electron chi connectivity index (χ1n) is 18.4. The average Bonchev–Trinajstić information content (AvgIpc) is 3.36. The van der Waals surface area contributed by atoms with Gasteiger partial charge in [0, 0.05) is 34.4 Å². The first kappa shape index (κ1) is 38.7. The first-order chi connectivity index (χ1) is 23.7. The molecule has 0 aliphatic heterocycles. The van der Waals surface area contributed by atoms with Crippen LogP contribution in [0.1, 0.15) is 124 Å². The number of halogens is 5. The highest BCUT2D eigenvalue weighted by atomic mass is 32.2. The molecule has 11 heteroatoms. The average molecular weight is 726 g/mol. The second-order valence-corrected chi connectivity index (χ2v) is 16.8. The number of alkyl halides is 5. The molecule has 278 valence electrons. The van der Waals surface area contributed by atoms with Crippen LogP contribution in [0, 0.1) is 23.2 Å². The van der Waals surface area contributed by atoms with Gasteiger partial charge in [0.05, 0.1) is 11.7 Å². The summed E-state index contributed by atoms with van der Waals surface area (Å²) in [5.74, 6) is -2.57. The van der Waals surface area contributed by atoms with Crippen LogP contribution in [0.3, 0.4) is 0 Å². The summed E-state index contributed by atoms with van der Waals surface area (Å²) >= 11 is 0. The molecule has 7 atom stereocenters. The number of nitrogen functional groups attached to an aromatic ring is 1. The number of hydrogen-bond donors (Lipinski definition) is 2. The van der Waals surface area contributed by atoms with E-state index in [0.29, 0.717) is 52.8 Å². The van der Waals surface area contributed by atoms with Crippen molar-refractivity contribution >= 4 is 22.5 Å². The lowest BCUT2D eigenvalue weighted by Gasteiger charge is -2.53. The minimum Gasteiger partial charge on any atom is -0.423 e. The number of nitrogens with two attached hydrogens (primary N) is 1. The van der Waals surface area contributed by atoms with Crippen LogP contribution in [0.2, 0.25) is 0 Å². The van der Waals surface area contributed by atoms with E-state index < -0.39 is 41.7 Å². The Kier molecular flexibility index (Phi) is 12.7. The Morgan fingerprint density at radius 3 is 2.34 bits per heavy atom. The Morgan fingerprint density at radius 1 is 0.940 bits per heavy atom. The molecule has 5 rings (SSSR count). The number of esters is 1. The van der Waals surface area contributed by atoms with Crippen molar-refractivity contribution in [3.63, 3.8) is 0 Å². The third-order valence-corrected chi connectivity index (χ3v) is 13.4. The molecule has 0 saturated heterocycles. The second kappa shape index (κ2) is 16.4. The number of fused-ring (bicyclic) bond motifs is 5. The third-order valence-electron chi connectivity index (χ3n) is 11.9. The largest absolute Gasteiger partial charge is 0.453 e. The molecule has 0 heterocycles. The Hall–Kier alpha value is -2.53. The first-order valence-corrected chi connectivity index (χ1v) is 19.9. The molecular weight excluding hydrogens is 673 g/mol. The van der Waals surface area contributed by atoms with Crippen molar-refractivity contribution in [1.82, 2.24) is 0 Å². The van der Waals surface area contributed by atoms with E-state index in [9.17, 15) is 36.1 Å². The highest BCUT2D eigenvalue weighted by Gasteiger charge is 2.57. The summed E-state index contributed by atoms with van der Waals surface area (Å²) in [6, 6.07) is 13.0.